The second-order valence-electron chi connectivity index (χ2n) is 4.71. The number of thiocarbonyl (C=S) groups is 1. The number of rotatable bonds is 4. The first-order chi connectivity index (χ1) is 11.4. The number of nitrogens with one attached hydrogen (secondary N) is 1. The van der Waals surface area contributed by atoms with E-state index in [1.165, 1.54) is 25.1 Å². The van der Waals surface area contributed by atoms with E-state index in [-0.39, 0.29) is 17.3 Å². The minimum atomic E-state index is -0.550. The lowest BCUT2D eigenvalue weighted by atomic mass is 10.1. The van der Waals surface area contributed by atoms with Crippen LogP contribution in [0.3, 0.4) is 0 Å². The van der Waals surface area contributed by atoms with Crippen molar-refractivity contribution in [2.24, 2.45) is 0 Å². The molecular formula is C16H13BrN2O4S. The van der Waals surface area contributed by atoms with Crippen molar-refractivity contribution in [1.82, 2.24) is 10.2 Å². The van der Waals surface area contributed by atoms with E-state index >= 15 is 0 Å². The van der Waals surface area contributed by atoms with E-state index in [2.05, 4.69) is 27.2 Å². The standard InChI is InChI=1S/C16H13BrN2O4S/c1-4-5-23-13-11(17)7-9(8-12(13)22-3)6-10-14(20)18-16(24)19(2)15(10)21/h1,6-8H,5H2,2-3H3,(H,18,20,24). The highest BCUT2D eigenvalue weighted by molar-refractivity contribution is 9.10. The summed E-state index contributed by atoms with van der Waals surface area (Å²) in [6.45, 7) is 0.0819. The van der Waals surface area contributed by atoms with Crippen LogP contribution in [0.1, 0.15) is 5.56 Å². The minimum absolute atomic E-state index is 0.0302. The van der Waals surface area contributed by atoms with E-state index in [1.807, 2.05) is 0 Å². The predicted octanol–water partition coefficient (Wildman–Crippen LogP) is 1.73. The highest BCUT2D eigenvalue weighted by atomic mass is 79.9. The van der Waals surface area contributed by atoms with Gasteiger partial charge in [0.1, 0.15) is 12.2 Å². The Morgan fingerprint density at radius 3 is 2.79 bits per heavy atom. The van der Waals surface area contributed by atoms with Gasteiger partial charge in [-0.05, 0) is 51.9 Å². The van der Waals surface area contributed by atoms with Crippen molar-refractivity contribution >= 4 is 51.2 Å². The van der Waals surface area contributed by atoms with Gasteiger partial charge in [-0.15, -0.1) is 6.42 Å². The molecule has 1 fully saturated rings. The van der Waals surface area contributed by atoms with Crippen molar-refractivity contribution in [3.63, 3.8) is 0 Å². The van der Waals surface area contributed by atoms with Crippen LogP contribution in [0, 0.1) is 12.3 Å². The first-order valence-corrected chi connectivity index (χ1v) is 7.88. The summed E-state index contributed by atoms with van der Waals surface area (Å²) in [6, 6.07) is 3.33. The number of nitrogens with zero attached hydrogens (tertiary/aromatic N) is 1. The van der Waals surface area contributed by atoms with Crippen LogP contribution in [0.25, 0.3) is 6.08 Å². The summed E-state index contributed by atoms with van der Waals surface area (Å²) in [4.78, 5) is 25.4. The highest BCUT2D eigenvalue weighted by Crippen LogP contribution is 2.37. The van der Waals surface area contributed by atoms with E-state index in [0.717, 1.165) is 0 Å². The Kier molecular flexibility index (Phi) is 5.59. The Balaban J connectivity index is 2.44. The van der Waals surface area contributed by atoms with Gasteiger partial charge < -0.3 is 9.47 Å². The van der Waals surface area contributed by atoms with Crippen molar-refractivity contribution in [3.8, 4) is 23.8 Å². The van der Waals surface area contributed by atoms with Crippen LogP contribution in [0.2, 0.25) is 0 Å². The van der Waals surface area contributed by atoms with Crippen LogP contribution in [0.5, 0.6) is 11.5 Å². The number of hydrogen-bond donors (Lipinski definition) is 1. The smallest absolute Gasteiger partial charge is 0.265 e. The number of methoxy groups -OCH3 is 1. The van der Waals surface area contributed by atoms with Crippen LogP contribution >= 0.6 is 28.1 Å². The molecule has 2 rings (SSSR count). The zero-order valence-electron chi connectivity index (χ0n) is 12.9. The molecule has 1 aliphatic rings. The summed E-state index contributed by atoms with van der Waals surface area (Å²) in [5, 5.41) is 2.52. The average Bonchev–Trinajstić information content (AvgIpc) is 2.55. The van der Waals surface area contributed by atoms with E-state index < -0.39 is 11.8 Å². The molecule has 1 N–H and O–H groups in total. The van der Waals surface area contributed by atoms with Gasteiger partial charge in [0, 0.05) is 7.05 Å². The fraction of sp³-hybridized carbons (Fsp3) is 0.188. The lowest BCUT2D eigenvalue weighted by molar-refractivity contribution is -0.128. The molecule has 1 aromatic rings. The molecule has 0 saturated carbocycles. The van der Waals surface area contributed by atoms with E-state index in [0.29, 0.717) is 21.5 Å². The molecule has 0 unspecified atom stereocenters. The molecule has 6 nitrogen and oxygen atoms in total. The van der Waals surface area contributed by atoms with Gasteiger partial charge >= 0.3 is 0 Å². The number of ether oxygens (including phenoxy) is 2. The molecule has 0 bridgehead atoms. The fourth-order valence-electron chi connectivity index (χ4n) is 1.99. The van der Waals surface area contributed by atoms with Crippen LogP contribution in [0.4, 0.5) is 0 Å². The number of amides is 2. The maximum atomic E-state index is 12.2. The molecule has 8 heteroatoms. The van der Waals surface area contributed by atoms with Gasteiger partial charge in [-0.1, -0.05) is 5.92 Å². The third-order valence-electron chi connectivity index (χ3n) is 3.17. The summed E-state index contributed by atoms with van der Waals surface area (Å²) in [5.41, 5.74) is 0.545. The molecule has 2 amide bonds. The normalized spacial score (nSPS) is 16.0. The maximum Gasteiger partial charge on any atom is 0.265 e. The minimum Gasteiger partial charge on any atom is -0.493 e. The molecular weight excluding hydrogens is 396 g/mol. The summed E-state index contributed by atoms with van der Waals surface area (Å²) in [6.07, 6.45) is 6.64. The first kappa shape index (κ1) is 18.0. The van der Waals surface area contributed by atoms with E-state index in [4.69, 9.17) is 28.1 Å². The van der Waals surface area contributed by atoms with Crippen LogP contribution in [0.15, 0.2) is 22.2 Å². The molecule has 0 atom stereocenters. The van der Waals surface area contributed by atoms with Gasteiger partial charge in [-0.2, -0.15) is 0 Å². The Morgan fingerprint density at radius 2 is 2.17 bits per heavy atom. The molecule has 0 radical (unpaired) electrons. The van der Waals surface area contributed by atoms with Crippen molar-refractivity contribution in [2.45, 2.75) is 0 Å². The molecule has 0 aromatic heterocycles. The van der Waals surface area contributed by atoms with Gasteiger partial charge in [0.25, 0.3) is 11.8 Å². The Labute approximate surface area is 152 Å². The highest BCUT2D eigenvalue weighted by Gasteiger charge is 2.30. The second-order valence-corrected chi connectivity index (χ2v) is 5.95. The number of carbonyl (C=O) groups is 2. The van der Waals surface area contributed by atoms with Gasteiger partial charge in [0.15, 0.2) is 16.6 Å². The van der Waals surface area contributed by atoms with Crippen molar-refractivity contribution in [1.29, 1.82) is 0 Å². The number of carbonyl (C=O) groups excluding carboxylic acids is 2. The van der Waals surface area contributed by atoms with Crippen LogP contribution in [-0.4, -0.2) is 42.6 Å². The fourth-order valence-corrected chi connectivity index (χ4v) is 2.74. The van der Waals surface area contributed by atoms with E-state index in [9.17, 15) is 9.59 Å². The number of terminal acetylenes is 1. The monoisotopic (exact) mass is 408 g/mol. The lowest BCUT2D eigenvalue weighted by Crippen LogP contribution is -2.52. The Bertz CT molecular complexity index is 798. The Hall–Kier alpha value is -2.37. The molecule has 124 valence electrons. The number of likely N-dealkylation sites (N-methyl/N-ethyl adjacent to an activating group) is 1. The summed E-state index contributed by atoms with van der Waals surface area (Å²) >= 11 is 8.27. The second kappa shape index (κ2) is 7.47. The lowest BCUT2D eigenvalue weighted by Gasteiger charge is -2.25. The largest absolute Gasteiger partial charge is 0.493 e. The number of hydrogen-bond acceptors (Lipinski definition) is 5. The first-order valence-electron chi connectivity index (χ1n) is 6.68. The van der Waals surface area contributed by atoms with Gasteiger partial charge in [-0.25, -0.2) is 0 Å². The van der Waals surface area contributed by atoms with Crippen molar-refractivity contribution in [2.75, 3.05) is 20.8 Å². The molecule has 0 aliphatic carbocycles. The molecule has 1 heterocycles. The van der Waals surface area contributed by atoms with Crippen LogP contribution in [-0.2, 0) is 9.59 Å². The summed E-state index contributed by atoms with van der Waals surface area (Å²) < 4.78 is 11.3. The molecule has 1 saturated heterocycles. The average molecular weight is 409 g/mol. The van der Waals surface area contributed by atoms with Gasteiger partial charge in [0.2, 0.25) is 0 Å². The predicted molar refractivity (Wildman–Crippen MR) is 96.5 cm³/mol. The van der Waals surface area contributed by atoms with Crippen LogP contribution < -0.4 is 14.8 Å². The topological polar surface area (TPSA) is 67.9 Å². The van der Waals surface area contributed by atoms with Crippen molar-refractivity contribution < 1.29 is 19.1 Å². The summed E-state index contributed by atoms with van der Waals surface area (Å²) in [5.74, 6) is 2.20. The zero-order valence-corrected chi connectivity index (χ0v) is 15.3. The molecule has 1 aromatic carbocycles. The molecule has 0 spiro atoms. The van der Waals surface area contributed by atoms with E-state index in [1.54, 1.807) is 12.1 Å². The van der Waals surface area contributed by atoms with Gasteiger partial charge in [0.05, 0.1) is 11.6 Å². The quantitative estimate of drug-likeness (QED) is 0.355. The number of halogens is 1. The van der Waals surface area contributed by atoms with Gasteiger partial charge in [-0.3, -0.25) is 19.8 Å². The third kappa shape index (κ3) is 3.58. The SMILES string of the molecule is C#CCOc1c(Br)cc(C=C2C(=O)NC(=S)N(C)C2=O)cc1OC. The van der Waals surface area contributed by atoms with Crippen molar-refractivity contribution in [3.05, 3.63) is 27.7 Å². The molecule has 1 aliphatic heterocycles. The maximum absolute atomic E-state index is 12.2. The third-order valence-corrected chi connectivity index (χ3v) is 4.13. The summed E-state index contributed by atoms with van der Waals surface area (Å²) in [7, 11) is 2.97. The number of benzene rings is 1. The molecule has 24 heavy (non-hydrogen) atoms. The Morgan fingerprint density at radius 1 is 1.46 bits per heavy atom. The zero-order chi connectivity index (χ0) is 17.9.